The highest BCUT2D eigenvalue weighted by Crippen LogP contribution is 2.29. The lowest BCUT2D eigenvalue weighted by molar-refractivity contribution is -0.121. The molecule has 0 saturated carbocycles. The molecule has 2 aliphatic rings. The molecule has 2 amide bonds. The van der Waals surface area contributed by atoms with E-state index in [1.807, 2.05) is 24.3 Å². The highest BCUT2D eigenvalue weighted by molar-refractivity contribution is 9.10. The third-order valence-corrected chi connectivity index (χ3v) is 5.53. The molecule has 1 atom stereocenters. The predicted molar refractivity (Wildman–Crippen MR) is 92.0 cm³/mol. The van der Waals surface area contributed by atoms with Crippen molar-refractivity contribution in [3.8, 4) is 0 Å². The van der Waals surface area contributed by atoms with E-state index in [0.29, 0.717) is 5.69 Å². The van der Waals surface area contributed by atoms with Crippen molar-refractivity contribution in [2.45, 2.75) is 24.5 Å². The first-order valence-electron chi connectivity index (χ1n) is 7.22. The molecule has 1 aromatic carbocycles. The van der Waals surface area contributed by atoms with Gasteiger partial charge in [0.2, 0.25) is 5.91 Å². The molecule has 116 valence electrons. The highest BCUT2D eigenvalue weighted by atomic mass is 79.9. The highest BCUT2D eigenvalue weighted by Gasteiger charge is 2.33. The van der Waals surface area contributed by atoms with Crippen LogP contribution in [0.3, 0.4) is 0 Å². The van der Waals surface area contributed by atoms with Crippen LogP contribution in [0, 0.1) is 0 Å². The third-order valence-electron chi connectivity index (χ3n) is 3.62. The first-order chi connectivity index (χ1) is 10.6. The SMILES string of the molecule is O=C(C[C@@H]1SC(N2CCCC2)=NC1=O)Nc1ccccc1Br. The van der Waals surface area contributed by atoms with Gasteiger partial charge in [0.05, 0.1) is 5.69 Å². The quantitative estimate of drug-likeness (QED) is 0.874. The van der Waals surface area contributed by atoms with E-state index in [4.69, 9.17) is 0 Å². The van der Waals surface area contributed by atoms with Crippen LogP contribution in [0.4, 0.5) is 5.69 Å². The monoisotopic (exact) mass is 381 g/mol. The number of nitrogens with zero attached hydrogens (tertiary/aromatic N) is 2. The van der Waals surface area contributed by atoms with Crippen molar-refractivity contribution in [1.82, 2.24) is 4.90 Å². The number of nitrogens with one attached hydrogen (secondary N) is 1. The summed E-state index contributed by atoms with van der Waals surface area (Å²) in [7, 11) is 0. The Morgan fingerprint density at radius 1 is 1.36 bits per heavy atom. The molecule has 0 bridgehead atoms. The second-order valence-electron chi connectivity index (χ2n) is 5.27. The Kier molecular flexibility index (Phi) is 4.83. The number of amides is 2. The number of hydrogen-bond acceptors (Lipinski definition) is 4. The molecule has 0 unspecified atom stereocenters. The number of thioether (sulfide) groups is 1. The Morgan fingerprint density at radius 2 is 2.09 bits per heavy atom. The van der Waals surface area contributed by atoms with Crippen LogP contribution in [0.5, 0.6) is 0 Å². The molecule has 3 rings (SSSR count). The number of para-hydroxylation sites is 1. The van der Waals surface area contributed by atoms with Crippen molar-refractivity contribution in [3.63, 3.8) is 0 Å². The van der Waals surface area contributed by atoms with Gasteiger partial charge in [0.15, 0.2) is 5.17 Å². The van der Waals surface area contributed by atoms with Crippen molar-refractivity contribution >= 4 is 50.4 Å². The van der Waals surface area contributed by atoms with E-state index in [1.54, 1.807) is 0 Å². The van der Waals surface area contributed by atoms with E-state index in [2.05, 4.69) is 31.1 Å². The molecule has 22 heavy (non-hydrogen) atoms. The van der Waals surface area contributed by atoms with E-state index >= 15 is 0 Å². The Hall–Kier alpha value is -1.34. The maximum absolute atomic E-state index is 12.1. The average Bonchev–Trinajstić information content (AvgIpc) is 3.12. The summed E-state index contributed by atoms with van der Waals surface area (Å²) in [6.07, 6.45) is 2.42. The molecule has 0 spiro atoms. The van der Waals surface area contributed by atoms with Gasteiger partial charge in [0, 0.05) is 24.0 Å². The Balaban J connectivity index is 1.56. The number of likely N-dealkylation sites (tertiary alicyclic amines) is 1. The van der Waals surface area contributed by atoms with E-state index in [9.17, 15) is 9.59 Å². The number of anilines is 1. The Morgan fingerprint density at radius 3 is 2.82 bits per heavy atom. The maximum atomic E-state index is 12.1. The number of carbonyl (C=O) groups excluding carboxylic acids is 2. The van der Waals surface area contributed by atoms with Gasteiger partial charge in [-0.2, -0.15) is 4.99 Å². The van der Waals surface area contributed by atoms with Gasteiger partial charge >= 0.3 is 0 Å². The minimum atomic E-state index is -0.405. The number of amidine groups is 1. The van der Waals surface area contributed by atoms with Crippen molar-refractivity contribution < 1.29 is 9.59 Å². The molecule has 0 aromatic heterocycles. The van der Waals surface area contributed by atoms with E-state index in [-0.39, 0.29) is 18.2 Å². The van der Waals surface area contributed by atoms with Gasteiger partial charge in [-0.15, -0.1) is 0 Å². The lowest BCUT2D eigenvalue weighted by Crippen LogP contribution is -2.25. The number of aliphatic imine (C=N–C) groups is 1. The van der Waals surface area contributed by atoms with Crippen LogP contribution < -0.4 is 5.32 Å². The molecular formula is C15H16BrN3O2S. The van der Waals surface area contributed by atoms with Crippen molar-refractivity contribution in [3.05, 3.63) is 28.7 Å². The van der Waals surface area contributed by atoms with Crippen LogP contribution in [0.2, 0.25) is 0 Å². The van der Waals surface area contributed by atoms with Gasteiger partial charge in [-0.3, -0.25) is 9.59 Å². The number of halogens is 1. The standard InChI is InChI=1S/C15H16BrN3O2S/c16-10-5-1-2-6-11(10)17-13(20)9-12-14(21)18-15(22-12)19-7-3-4-8-19/h1-2,5-6,12H,3-4,7-9H2,(H,17,20)/t12-/m0/s1. The zero-order valence-electron chi connectivity index (χ0n) is 11.9. The Bertz CT molecular complexity index is 629. The van der Waals surface area contributed by atoms with Crippen LogP contribution in [-0.2, 0) is 9.59 Å². The number of benzene rings is 1. The fraction of sp³-hybridized carbons (Fsp3) is 0.400. The first-order valence-corrected chi connectivity index (χ1v) is 8.89. The summed E-state index contributed by atoms with van der Waals surface area (Å²) in [5.41, 5.74) is 0.712. The Labute approximate surface area is 141 Å². The summed E-state index contributed by atoms with van der Waals surface area (Å²) < 4.78 is 0.822. The summed E-state index contributed by atoms with van der Waals surface area (Å²) in [6, 6.07) is 7.41. The van der Waals surface area contributed by atoms with Crippen LogP contribution in [0.15, 0.2) is 33.7 Å². The minimum Gasteiger partial charge on any atom is -0.351 e. The molecule has 7 heteroatoms. The molecule has 0 radical (unpaired) electrons. The van der Waals surface area contributed by atoms with Crippen LogP contribution in [0.1, 0.15) is 19.3 Å². The fourth-order valence-electron chi connectivity index (χ4n) is 2.49. The average molecular weight is 382 g/mol. The van der Waals surface area contributed by atoms with Crippen LogP contribution in [0.25, 0.3) is 0 Å². The zero-order valence-corrected chi connectivity index (χ0v) is 14.3. The molecule has 1 fully saturated rings. The molecule has 1 aromatic rings. The molecular weight excluding hydrogens is 366 g/mol. The second-order valence-corrected chi connectivity index (χ2v) is 7.29. The summed E-state index contributed by atoms with van der Waals surface area (Å²) >= 11 is 4.80. The number of hydrogen-bond donors (Lipinski definition) is 1. The molecule has 5 nitrogen and oxygen atoms in total. The van der Waals surface area contributed by atoms with Gasteiger partial charge in [-0.05, 0) is 40.9 Å². The third kappa shape index (κ3) is 3.52. The molecule has 2 aliphatic heterocycles. The van der Waals surface area contributed by atoms with E-state index < -0.39 is 5.25 Å². The lowest BCUT2D eigenvalue weighted by atomic mass is 10.2. The minimum absolute atomic E-state index is 0.145. The van der Waals surface area contributed by atoms with E-state index in [1.165, 1.54) is 11.8 Å². The smallest absolute Gasteiger partial charge is 0.262 e. The van der Waals surface area contributed by atoms with Crippen LogP contribution in [-0.4, -0.2) is 40.2 Å². The molecule has 1 N–H and O–H groups in total. The van der Waals surface area contributed by atoms with Crippen molar-refractivity contribution in [2.75, 3.05) is 18.4 Å². The van der Waals surface area contributed by atoms with Crippen molar-refractivity contribution in [2.24, 2.45) is 4.99 Å². The molecule has 1 saturated heterocycles. The summed E-state index contributed by atoms with van der Waals surface area (Å²) in [4.78, 5) is 30.3. The fourth-order valence-corrected chi connectivity index (χ4v) is 3.99. The molecule has 2 heterocycles. The van der Waals surface area contributed by atoms with Gasteiger partial charge in [-0.25, -0.2) is 0 Å². The number of rotatable bonds is 3. The maximum Gasteiger partial charge on any atom is 0.262 e. The predicted octanol–water partition coefficient (Wildman–Crippen LogP) is 2.87. The van der Waals surface area contributed by atoms with Gasteiger partial charge in [0.1, 0.15) is 5.25 Å². The van der Waals surface area contributed by atoms with Crippen LogP contribution >= 0.6 is 27.7 Å². The topological polar surface area (TPSA) is 61.8 Å². The van der Waals surface area contributed by atoms with Crippen molar-refractivity contribution in [1.29, 1.82) is 0 Å². The summed E-state index contributed by atoms with van der Waals surface area (Å²) in [5.74, 6) is -0.371. The summed E-state index contributed by atoms with van der Waals surface area (Å²) in [6.45, 7) is 1.91. The summed E-state index contributed by atoms with van der Waals surface area (Å²) in [5, 5.41) is 3.20. The van der Waals surface area contributed by atoms with Gasteiger partial charge < -0.3 is 10.2 Å². The normalized spacial score (nSPS) is 21.1. The lowest BCUT2D eigenvalue weighted by Gasteiger charge is -2.16. The molecule has 0 aliphatic carbocycles. The first kappa shape index (κ1) is 15.6. The zero-order chi connectivity index (χ0) is 15.5. The largest absolute Gasteiger partial charge is 0.351 e. The number of carbonyl (C=O) groups is 2. The van der Waals surface area contributed by atoms with Gasteiger partial charge in [0.25, 0.3) is 5.91 Å². The second kappa shape index (κ2) is 6.83. The van der Waals surface area contributed by atoms with E-state index in [0.717, 1.165) is 35.6 Å². The van der Waals surface area contributed by atoms with Gasteiger partial charge in [-0.1, -0.05) is 23.9 Å².